The molecule has 5 nitrogen and oxygen atoms in total. The van der Waals surface area contributed by atoms with Gasteiger partial charge in [0.15, 0.2) is 6.61 Å². The largest absolute Gasteiger partial charge is 0.452 e. The van der Waals surface area contributed by atoms with E-state index in [2.05, 4.69) is 4.57 Å². The van der Waals surface area contributed by atoms with Crippen molar-refractivity contribution >= 4 is 17.6 Å². The van der Waals surface area contributed by atoms with Crippen molar-refractivity contribution in [2.24, 2.45) is 0 Å². The number of hydrogen-bond acceptors (Lipinski definition) is 3. The summed E-state index contributed by atoms with van der Waals surface area (Å²) < 4.78 is 7.50. The van der Waals surface area contributed by atoms with E-state index in [1.807, 2.05) is 57.2 Å². The van der Waals surface area contributed by atoms with Crippen LogP contribution in [-0.2, 0) is 9.53 Å². The molecule has 1 aromatic carbocycles. The molecule has 0 bridgehead atoms. The summed E-state index contributed by atoms with van der Waals surface area (Å²) in [5.41, 5.74) is 3.35. The van der Waals surface area contributed by atoms with Crippen LogP contribution < -0.4 is 4.90 Å². The number of ether oxygens (including phenoxy) is 1. The molecule has 1 aliphatic carbocycles. The molecule has 2 aromatic rings. The van der Waals surface area contributed by atoms with E-state index in [-0.39, 0.29) is 12.5 Å². The van der Waals surface area contributed by atoms with Gasteiger partial charge in [0.1, 0.15) is 0 Å². The van der Waals surface area contributed by atoms with Crippen molar-refractivity contribution in [1.29, 1.82) is 0 Å². The molecule has 1 heterocycles. The van der Waals surface area contributed by atoms with E-state index >= 15 is 0 Å². The summed E-state index contributed by atoms with van der Waals surface area (Å²) in [6.07, 6.45) is 2.32. The van der Waals surface area contributed by atoms with E-state index in [0.29, 0.717) is 18.2 Å². The van der Waals surface area contributed by atoms with Crippen LogP contribution in [0.3, 0.4) is 0 Å². The molecule has 0 saturated heterocycles. The Morgan fingerprint density at radius 3 is 2.48 bits per heavy atom. The van der Waals surface area contributed by atoms with Gasteiger partial charge in [-0.15, -0.1) is 0 Å². The van der Waals surface area contributed by atoms with Crippen LogP contribution in [0.2, 0.25) is 0 Å². The molecule has 1 aliphatic rings. The van der Waals surface area contributed by atoms with Gasteiger partial charge in [0.25, 0.3) is 5.91 Å². The molecular weight excluding hydrogens is 316 g/mol. The molecule has 1 amide bonds. The number of aryl methyl sites for hydroxylation is 1. The summed E-state index contributed by atoms with van der Waals surface area (Å²) >= 11 is 0. The number of aromatic nitrogens is 1. The molecule has 1 saturated carbocycles. The molecule has 5 heteroatoms. The molecule has 1 aromatic heterocycles. The maximum absolute atomic E-state index is 12.4. The number of anilines is 1. The van der Waals surface area contributed by atoms with Crippen LogP contribution in [0.25, 0.3) is 0 Å². The van der Waals surface area contributed by atoms with Crippen molar-refractivity contribution in [1.82, 2.24) is 4.57 Å². The third kappa shape index (κ3) is 3.60. The maximum Gasteiger partial charge on any atom is 0.340 e. The van der Waals surface area contributed by atoms with Gasteiger partial charge in [0, 0.05) is 29.7 Å². The molecule has 0 N–H and O–H groups in total. The summed E-state index contributed by atoms with van der Waals surface area (Å²) in [5.74, 6) is -0.657. The predicted molar refractivity (Wildman–Crippen MR) is 96.9 cm³/mol. The topological polar surface area (TPSA) is 51.5 Å². The average Bonchev–Trinajstić information content (AvgIpc) is 3.39. The SMILES string of the molecule is CCN(C(=O)COC(=O)c1cc(C)n(C2CC2)c1C)c1ccccc1. The summed E-state index contributed by atoms with van der Waals surface area (Å²) in [4.78, 5) is 26.5. The van der Waals surface area contributed by atoms with Crippen LogP contribution in [0.4, 0.5) is 5.69 Å². The van der Waals surface area contributed by atoms with Gasteiger partial charge in [-0.2, -0.15) is 0 Å². The van der Waals surface area contributed by atoms with Gasteiger partial charge >= 0.3 is 5.97 Å². The minimum atomic E-state index is -0.433. The Kier molecular flexibility index (Phi) is 4.93. The summed E-state index contributed by atoms with van der Waals surface area (Å²) in [6.45, 7) is 6.11. The zero-order chi connectivity index (χ0) is 18.0. The van der Waals surface area contributed by atoms with E-state index in [0.717, 1.165) is 29.9 Å². The molecule has 0 atom stereocenters. The summed E-state index contributed by atoms with van der Waals surface area (Å²) in [6, 6.07) is 11.8. The fourth-order valence-electron chi connectivity index (χ4n) is 3.27. The molecule has 0 unspecified atom stereocenters. The van der Waals surface area contributed by atoms with Gasteiger partial charge < -0.3 is 14.2 Å². The molecule has 25 heavy (non-hydrogen) atoms. The first-order valence-electron chi connectivity index (χ1n) is 8.74. The number of carbonyl (C=O) groups excluding carboxylic acids is 2. The lowest BCUT2D eigenvalue weighted by atomic mass is 10.2. The van der Waals surface area contributed by atoms with Crippen molar-refractivity contribution in [3.63, 3.8) is 0 Å². The number of carbonyl (C=O) groups is 2. The fraction of sp³-hybridized carbons (Fsp3) is 0.400. The molecule has 132 valence electrons. The monoisotopic (exact) mass is 340 g/mol. The van der Waals surface area contributed by atoms with Gasteiger partial charge in [-0.05, 0) is 51.8 Å². The minimum Gasteiger partial charge on any atom is -0.452 e. The number of amides is 1. The lowest BCUT2D eigenvalue weighted by Crippen LogP contribution is -2.34. The lowest BCUT2D eigenvalue weighted by molar-refractivity contribution is -0.121. The van der Waals surface area contributed by atoms with Crippen LogP contribution in [-0.4, -0.2) is 29.6 Å². The van der Waals surface area contributed by atoms with Crippen LogP contribution >= 0.6 is 0 Å². The van der Waals surface area contributed by atoms with E-state index in [1.165, 1.54) is 0 Å². The van der Waals surface area contributed by atoms with Crippen molar-refractivity contribution in [3.05, 3.63) is 53.3 Å². The van der Waals surface area contributed by atoms with Crippen LogP contribution in [0.1, 0.15) is 47.6 Å². The highest BCUT2D eigenvalue weighted by Crippen LogP contribution is 2.38. The molecular formula is C20H24N2O3. The second-order valence-electron chi connectivity index (χ2n) is 6.44. The highest BCUT2D eigenvalue weighted by molar-refractivity contribution is 5.97. The van der Waals surface area contributed by atoms with Gasteiger partial charge in [-0.1, -0.05) is 18.2 Å². The Morgan fingerprint density at radius 2 is 1.88 bits per heavy atom. The summed E-state index contributed by atoms with van der Waals surface area (Å²) in [5, 5.41) is 0. The second-order valence-corrected chi connectivity index (χ2v) is 6.44. The van der Waals surface area contributed by atoms with Gasteiger partial charge in [-0.25, -0.2) is 4.79 Å². The smallest absolute Gasteiger partial charge is 0.340 e. The molecule has 0 aliphatic heterocycles. The zero-order valence-electron chi connectivity index (χ0n) is 15.0. The van der Waals surface area contributed by atoms with Crippen molar-refractivity contribution < 1.29 is 14.3 Å². The van der Waals surface area contributed by atoms with Gasteiger partial charge in [-0.3, -0.25) is 4.79 Å². The Balaban J connectivity index is 1.66. The van der Waals surface area contributed by atoms with Crippen molar-refractivity contribution in [3.8, 4) is 0 Å². The van der Waals surface area contributed by atoms with E-state index < -0.39 is 5.97 Å². The van der Waals surface area contributed by atoms with Gasteiger partial charge in [0.05, 0.1) is 5.56 Å². The van der Waals surface area contributed by atoms with Gasteiger partial charge in [0.2, 0.25) is 0 Å². The normalized spacial score (nSPS) is 13.6. The molecule has 0 spiro atoms. The van der Waals surface area contributed by atoms with Crippen LogP contribution in [0.15, 0.2) is 36.4 Å². The van der Waals surface area contributed by atoms with Crippen molar-refractivity contribution in [2.45, 2.75) is 39.7 Å². The Bertz CT molecular complexity index is 776. The second kappa shape index (κ2) is 7.13. The number of nitrogens with zero attached hydrogens (tertiary/aromatic N) is 2. The Labute approximate surface area is 148 Å². The standard InChI is InChI=1S/C20H24N2O3/c1-4-21(16-8-6-5-7-9-16)19(23)13-25-20(24)18-12-14(2)22(15(18)3)17-10-11-17/h5-9,12,17H,4,10-11,13H2,1-3H3. The number of hydrogen-bond donors (Lipinski definition) is 0. The number of para-hydroxylation sites is 1. The predicted octanol–water partition coefficient (Wildman–Crippen LogP) is 3.65. The van der Waals surface area contributed by atoms with E-state index in [1.54, 1.807) is 4.90 Å². The number of esters is 1. The Hall–Kier alpha value is -2.56. The number of benzene rings is 1. The third-order valence-corrected chi connectivity index (χ3v) is 4.63. The quantitative estimate of drug-likeness (QED) is 0.754. The zero-order valence-corrected chi connectivity index (χ0v) is 15.0. The highest BCUT2D eigenvalue weighted by atomic mass is 16.5. The molecule has 3 rings (SSSR count). The first-order valence-corrected chi connectivity index (χ1v) is 8.74. The first-order chi connectivity index (χ1) is 12.0. The maximum atomic E-state index is 12.4. The average molecular weight is 340 g/mol. The third-order valence-electron chi connectivity index (χ3n) is 4.63. The highest BCUT2D eigenvalue weighted by Gasteiger charge is 2.29. The minimum absolute atomic E-state index is 0.224. The fourth-order valence-corrected chi connectivity index (χ4v) is 3.27. The van der Waals surface area contributed by atoms with E-state index in [4.69, 9.17) is 4.74 Å². The van der Waals surface area contributed by atoms with Crippen LogP contribution in [0.5, 0.6) is 0 Å². The van der Waals surface area contributed by atoms with Crippen LogP contribution in [0, 0.1) is 13.8 Å². The van der Waals surface area contributed by atoms with Crippen molar-refractivity contribution in [2.75, 3.05) is 18.1 Å². The molecule has 0 radical (unpaired) electrons. The summed E-state index contributed by atoms with van der Waals surface area (Å²) in [7, 11) is 0. The number of rotatable bonds is 6. The first kappa shape index (κ1) is 17.3. The molecule has 1 fully saturated rings. The lowest BCUT2D eigenvalue weighted by Gasteiger charge is -2.20. The van der Waals surface area contributed by atoms with E-state index in [9.17, 15) is 9.59 Å². The Morgan fingerprint density at radius 1 is 1.20 bits per heavy atom. The number of likely N-dealkylation sites (N-methyl/N-ethyl adjacent to an activating group) is 1.